The van der Waals surface area contributed by atoms with Gasteiger partial charge in [0.2, 0.25) is 11.2 Å². The minimum atomic E-state index is -0.513. The van der Waals surface area contributed by atoms with E-state index in [1.54, 1.807) is 24.5 Å². The summed E-state index contributed by atoms with van der Waals surface area (Å²) in [7, 11) is 0. The predicted octanol–water partition coefficient (Wildman–Crippen LogP) is 2.95. The molecular formula is C13H9ClFN5O. The molecule has 0 atom stereocenters. The van der Waals surface area contributed by atoms with Gasteiger partial charge < -0.3 is 4.74 Å². The molecule has 2 aromatic heterocycles. The highest BCUT2D eigenvalue weighted by atomic mass is 35.5. The van der Waals surface area contributed by atoms with Crippen LogP contribution in [-0.2, 0) is 0 Å². The Labute approximate surface area is 124 Å². The van der Waals surface area contributed by atoms with Crippen LogP contribution in [-0.4, -0.2) is 24.5 Å². The van der Waals surface area contributed by atoms with Gasteiger partial charge in [-0.2, -0.15) is 15.0 Å². The zero-order valence-corrected chi connectivity index (χ0v) is 11.6. The average Bonchev–Trinajstić information content (AvgIpc) is 2.96. The van der Waals surface area contributed by atoms with Gasteiger partial charge in [-0.3, -0.25) is 4.57 Å². The maximum atomic E-state index is 13.7. The number of hydrogen-bond donors (Lipinski definition) is 0. The number of hydrogen-bond acceptors (Lipinski definition) is 5. The average molecular weight is 306 g/mol. The monoisotopic (exact) mass is 305 g/mol. The number of imidazole rings is 1. The lowest BCUT2D eigenvalue weighted by atomic mass is 10.2. The van der Waals surface area contributed by atoms with E-state index in [4.69, 9.17) is 16.3 Å². The Morgan fingerprint density at radius 2 is 2.10 bits per heavy atom. The third-order valence-corrected chi connectivity index (χ3v) is 2.77. The molecule has 1 aromatic carbocycles. The summed E-state index contributed by atoms with van der Waals surface area (Å²) in [5, 5.41) is -0.0586. The molecule has 0 bridgehead atoms. The van der Waals surface area contributed by atoms with Crippen LogP contribution in [0.4, 0.5) is 4.39 Å². The molecule has 3 rings (SSSR count). The van der Waals surface area contributed by atoms with Crippen molar-refractivity contribution >= 4 is 11.6 Å². The molecule has 0 unspecified atom stereocenters. The molecule has 8 heteroatoms. The van der Waals surface area contributed by atoms with E-state index in [-0.39, 0.29) is 23.0 Å². The molecular weight excluding hydrogens is 297 g/mol. The van der Waals surface area contributed by atoms with Crippen molar-refractivity contribution in [2.45, 2.75) is 6.92 Å². The fourth-order valence-electron chi connectivity index (χ4n) is 1.65. The summed E-state index contributed by atoms with van der Waals surface area (Å²) in [6, 6.07) is 4.40. The van der Waals surface area contributed by atoms with Crippen molar-refractivity contribution in [2.75, 3.05) is 0 Å². The highest BCUT2D eigenvalue weighted by Crippen LogP contribution is 2.24. The van der Waals surface area contributed by atoms with Crippen LogP contribution in [0.2, 0.25) is 5.28 Å². The Morgan fingerprint density at radius 1 is 1.24 bits per heavy atom. The molecule has 0 aliphatic heterocycles. The Hall–Kier alpha value is -2.54. The van der Waals surface area contributed by atoms with E-state index in [1.165, 1.54) is 17.0 Å². The van der Waals surface area contributed by atoms with Crippen molar-refractivity contribution in [3.63, 3.8) is 0 Å². The maximum absolute atomic E-state index is 13.7. The number of rotatable bonds is 3. The Balaban J connectivity index is 1.97. The first-order valence-electron chi connectivity index (χ1n) is 5.96. The van der Waals surface area contributed by atoms with E-state index >= 15 is 0 Å². The van der Waals surface area contributed by atoms with Crippen molar-refractivity contribution in [3.8, 4) is 17.7 Å². The number of benzene rings is 1. The van der Waals surface area contributed by atoms with E-state index in [2.05, 4.69) is 19.9 Å². The van der Waals surface area contributed by atoms with Crippen molar-refractivity contribution < 1.29 is 9.13 Å². The van der Waals surface area contributed by atoms with E-state index in [0.29, 0.717) is 0 Å². The van der Waals surface area contributed by atoms with Gasteiger partial charge in [0, 0.05) is 12.4 Å². The standard InChI is InChI=1S/C13H9ClFN5O/c1-8-2-3-9(15)10(6-8)21-13-18-11(14)17-12(19-13)20-5-4-16-7-20/h2-7H,1H3. The SMILES string of the molecule is Cc1ccc(F)c(Oc2nc(Cl)nc(-n3ccnc3)n2)c1. The van der Waals surface area contributed by atoms with Gasteiger partial charge in [0.25, 0.3) is 0 Å². The Kier molecular flexibility index (Phi) is 3.49. The van der Waals surface area contributed by atoms with Gasteiger partial charge >= 0.3 is 6.01 Å². The van der Waals surface area contributed by atoms with Crippen LogP contribution in [0, 0.1) is 12.7 Å². The first-order chi connectivity index (χ1) is 10.1. The Bertz CT molecular complexity index is 778. The number of nitrogens with zero attached hydrogens (tertiary/aromatic N) is 5. The zero-order valence-electron chi connectivity index (χ0n) is 10.9. The molecule has 0 N–H and O–H groups in total. The van der Waals surface area contributed by atoms with Crippen molar-refractivity contribution in [1.29, 1.82) is 0 Å². The Morgan fingerprint density at radius 3 is 2.86 bits per heavy atom. The van der Waals surface area contributed by atoms with Gasteiger partial charge in [-0.15, -0.1) is 0 Å². The lowest BCUT2D eigenvalue weighted by molar-refractivity contribution is 0.408. The van der Waals surface area contributed by atoms with E-state index < -0.39 is 5.82 Å². The summed E-state index contributed by atoms with van der Waals surface area (Å²) in [4.78, 5) is 15.7. The highest BCUT2D eigenvalue weighted by molar-refractivity contribution is 6.28. The molecule has 0 amide bonds. The lowest BCUT2D eigenvalue weighted by Gasteiger charge is -2.07. The summed E-state index contributed by atoms with van der Waals surface area (Å²) < 4.78 is 20.6. The molecule has 0 radical (unpaired) electrons. The second-order valence-electron chi connectivity index (χ2n) is 4.19. The molecule has 3 aromatic rings. The smallest absolute Gasteiger partial charge is 0.328 e. The maximum Gasteiger partial charge on any atom is 0.328 e. The third kappa shape index (κ3) is 2.97. The van der Waals surface area contributed by atoms with Crippen molar-refractivity contribution in [1.82, 2.24) is 24.5 Å². The predicted molar refractivity (Wildman–Crippen MR) is 73.2 cm³/mol. The molecule has 6 nitrogen and oxygen atoms in total. The minimum absolute atomic E-state index is 0.0221. The number of ether oxygens (including phenoxy) is 1. The molecule has 21 heavy (non-hydrogen) atoms. The van der Waals surface area contributed by atoms with Gasteiger partial charge in [-0.05, 0) is 36.2 Å². The van der Waals surface area contributed by atoms with Gasteiger partial charge in [-0.1, -0.05) is 6.07 Å². The van der Waals surface area contributed by atoms with E-state index in [0.717, 1.165) is 5.56 Å². The first-order valence-corrected chi connectivity index (χ1v) is 6.33. The fraction of sp³-hybridized carbons (Fsp3) is 0.0769. The molecule has 0 spiro atoms. The van der Waals surface area contributed by atoms with Crippen LogP contribution in [0.3, 0.4) is 0 Å². The minimum Gasteiger partial charge on any atom is -0.421 e. The van der Waals surface area contributed by atoms with Crippen LogP contribution < -0.4 is 4.74 Å². The van der Waals surface area contributed by atoms with Crippen LogP contribution in [0.15, 0.2) is 36.9 Å². The van der Waals surface area contributed by atoms with Crippen LogP contribution >= 0.6 is 11.6 Å². The topological polar surface area (TPSA) is 65.7 Å². The third-order valence-electron chi connectivity index (χ3n) is 2.60. The molecule has 106 valence electrons. The summed E-state index contributed by atoms with van der Waals surface area (Å²) in [5.74, 6) is -0.259. The van der Waals surface area contributed by atoms with Gasteiger partial charge in [0.05, 0.1) is 0 Å². The second kappa shape index (κ2) is 5.45. The van der Waals surface area contributed by atoms with E-state index in [1.807, 2.05) is 6.92 Å². The van der Waals surface area contributed by atoms with Gasteiger partial charge in [0.1, 0.15) is 6.33 Å². The molecule has 0 saturated carbocycles. The summed E-state index contributed by atoms with van der Waals surface area (Å²) >= 11 is 5.83. The van der Waals surface area contributed by atoms with E-state index in [9.17, 15) is 4.39 Å². The summed E-state index contributed by atoms with van der Waals surface area (Å²) in [5.41, 5.74) is 0.849. The normalized spacial score (nSPS) is 10.6. The first kappa shape index (κ1) is 13.4. The number of aryl methyl sites for hydroxylation is 1. The largest absolute Gasteiger partial charge is 0.421 e. The van der Waals surface area contributed by atoms with Crippen LogP contribution in [0.5, 0.6) is 11.8 Å². The molecule has 0 aliphatic carbocycles. The summed E-state index contributed by atoms with van der Waals surface area (Å²) in [6.07, 6.45) is 4.71. The second-order valence-corrected chi connectivity index (χ2v) is 4.53. The van der Waals surface area contributed by atoms with Gasteiger partial charge in [0.15, 0.2) is 11.6 Å². The molecule has 0 fully saturated rings. The summed E-state index contributed by atoms with van der Waals surface area (Å²) in [6.45, 7) is 1.82. The van der Waals surface area contributed by atoms with Crippen LogP contribution in [0.1, 0.15) is 5.56 Å². The van der Waals surface area contributed by atoms with Gasteiger partial charge in [-0.25, -0.2) is 9.37 Å². The fourth-order valence-corrected chi connectivity index (χ4v) is 1.80. The lowest BCUT2D eigenvalue weighted by Crippen LogP contribution is -2.03. The number of aromatic nitrogens is 5. The van der Waals surface area contributed by atoms with Crippen molar-refractivity contribution in [2.24, 2.45) is 0 Å². The van der Waals surface area contributed by atoms with Crippen molar-refractivity contribution in [3.05, 3.63) is 53.6 Å². The van der Waals surface area contributed by atoms with Crippen LogP contribution in [0.25, 0.3) is 5.95 Å². The molecule has 0 saturated heterocycles. The molecule has 0 aliphatic rings. The highest BCUT2D eigenvalue weighted by Gasteiger charge is 2.11. The number of halogens is 2. The zero-order chi connectivity index (χ0) is 14.8. The molecule has 2 heterocycles. The quantitative estimate of drug-likeness (QED) is 0.744.